The summed E-state index contributed by atoms with van der Waals surface area (Å²) in [6.07, 6.45) is 5.94. The second kappa shape index (κ2) is 7.42. The van der Waals surface area contributed by atoms with Gasteiger partial charge >= 0.3 is 0 Å². The molecule has 1 aliphatic heterocycles. The van der Waals surface area contributed by atoms with Crippen molar-refractivity contribution >= 4 is 17.7 Å². The summed E-state index contributed by atoms with van der Waals surface area (Å²) in [5.74, 6) is 1.94. The Morgan fingerprint density at radius 3 is 2.88 bits per heavy atom. The summed E-state index contributed by atoms with van der Waals surface area (Å²) in [6, 6.07) is 4.02. The molecular formula is C17H24N4O2S. The molecular weight excluding hydrogens is 324 g/mol. The SMILES string of the molecule is Cc1ccc([C@@H]2CCCCCN2C(=O)[C@@H](C)Sc2nncn2C)o1. The molecule has 0 radical (unpaired) electrons. The fourth-order valence-corrected chi connectivity index (χ4v) is 3.98. The van der Waals surface area contributed by atoms with Crippen molar-refractivity contribution in [1.82, 2.24) is 19.7 Å². The minimum atomic E-state index is -0.204. The summed E-state index contributed by atoms with van der Waals surface area (Å²) in [7, 11) is 1.89. The Bertz CT molecular complexity index is 696. The highest BCUT2D eigenvalue weighted by Crippen LogP contribution is 2.33. The lowest BCUT2D eigenvalue weighted by atomic mass is 10.1. The number of thioether (sulfide) groups is 1. The molecule has 0 spiro atoms. The Hall–Kier alpha value is -1.76. The number of aromatic nitrogens is 3. The Labute approximate surface area is 146 Å². The van der Waals surface area contributed by atoms with E-state index in [1.807, 2.05) is 42.5 Å². The van der Waals surface area contributed by atoms with Gasteiger partial charge in [0.15, 0.2) is 5.16 Å². The van der Waals surface area contributed by atoms with E-state index in [9.17, 15) is 4.79 Å². The van der Waals surface area contributed by atoms with Crippen molar-refractivity contribution < 1.29 is 9.21 Å². The van der Waals surface area contributed by atoms with Crippen molar-refractivity contribution in [3.05, 3.63) is 30.0 Å². The van der Waals surface area contributed by atoms with E-state index >= 15 is 0 Å². The molecule has 3 rings (SSSR count). The number of hydrogen-bond donors (Lipinski definition) is 0. The third-order valence-corrected chi connectivity index (χ3v) is 5.56. The molecule has 1 saturated heterocycles. The molecule has 0 aromatic carbocycles. The zero-order chi connectivity index (χ0) is 17.1. The normalized spacial score (nSPS) is 20.0. The fraction of sp³-hybridized carbons (Fsp3) is 0.588. The van der Waals surface area contributed by atoms with Gasteiger partial charge in [-0.3, -0.25) is 4.79 Å². The zero-order valence-electron chi connectivity index (χ0n) is 14.4. The van der Waals surface area contributed by atoms with E-state index in [0.29, 0.717) is 0 Å². The van der Waals surface area contributed by atoms with Crippen LogP contribution in [0.1, 0.15) is 50.2 Å². The first-order valence-corrected chi connectivity index (χ1v) is 9.31. The summed E-state index contributed by atoms with van der Waals surface area (Å²) in [6.45, 7) is 4.67. The van der Waals surface area contributed by atoms with Crippen LogP contribution >= 0.6 is 11.8 Å². The average molecular weight is 348 g/mol. The third-order valence-electron chi connectivity index (χ3n) is 4.43. The van der Waals surface area contributed by atoms with Gasteiger partial charge in [0.25, 0.3) is 0 Å². The molecule has 2 aromatic heterocycles. The highest BCUT2D eigenvalue weighted by molar-refractivity contribution is 8.00. The van der Waals surface area contributed by atoms with Crippen molar-refractivity contribution in [2.45, 2.75) is 56.0 Å². The maximum Gasteiger partial charge on any atom is 0.236 e. The smallest absolute Gasteiger partial charge is 0.236 e. The van der Waals surface area contributed by atoms with Gasteiger partial charge in [0, 0.05) is 13.6 Å². The Morgan fingerprint density at radius 1 is 1.38 bits per heavy atom. The number of furan rings is 1. The van der Waals surface area contributed by atoms with Gasteiger partial charge in [-0.15, -0.1) is 10.2 Å². The largest absolute Gasteiger partial charge is 0.464 e. The maximum atomic E-state index is 13.1. The number of hydrogen-bond acceptors (Lipinski definition) is 5. The van der Waals surface area contributed by atoms with Gasteiger partial charge in [0.05, 0.1) is 11.3 Å². The molecule has 6 nitrogen and oxygen atoms in total. The van der Waals surface area contributed by atoms with E-state index in [-0.39, 0.29) is 17.2 Å². The molecule has 7 heteroatoms. The van der Waals surface area contributed by atoms with Crippen LogP contribution in [0.3, 0.4) is 0 Å². The third kappa shape index (κ3) is 3.66. The van der Waals surface area contributed by atoms with Gasteiger partial charge in [0.1, 0.15) is 17.8 Å². The van der Waals surface area contributed by atoms with Crippen molar-refractivity contribution in [3.8, 4) is 0 Å². The molecule has 0 aliphatic carbocycles. The topological polar surface area (TPSA) is 64.2 Å². The molecule has 2 aromatic rings. The summed E-state index contributed by atoms with van der Waals surface area (Å²) < 4.78 is 7.67. The first-order valence-electron chi connectivity index (χ1n) is 8.43. The first kappa shape index (κ1) is 17.1. The molecule has 24 heavy (non-hydrogen) atoms. The molecule has 0 unspecified atom stereocenters. The summed E-state index contributed by atoms with van der Waals surface area (Å²) in [5, 5.41) is 8.50. The predicted octanol–water partition coefficient (Wildman–Crippen LogP) is 3.34. The predicted molar refractivity (Wildman–Crippen MR) is 92.7 cm³/mol. The molecule has 1 aliphatic rings. The van der Waals surface area contributed by atoms with Crippen LogP contribution in [0, 0.1) is 6.92 Å². The van der Waals surface area contributed by atoms with Crippen LogP contribution in [0.4, 0.5) is 0 Å². The van der Waals surface area contributed by atoms with Crippen LogP contribution in [-0.2, 0) is 11.8 Å². The van der Waals surface area contributed by atoms with Gasteiger partial charge in [0.2, 0.25) is 5.91 Å². The van der Waals surface area contributed by atoms with Crippen molar-refractivity contribution in [2.75, 3.05) is 6.54 Å². The Kier molecular flexibility index (Phi) is 5.28. The van der Waals surface area contributed by atoms with Gasteiger partial charge in [-0.1, -0.05) is 24.6 Å². The van der Waals surface area contributed by atoms with Gasteiger partial charge in [-0.2, -0.15) is 0 Å². The van der Waals surface area contributed by atoms with E-state index in [1.54, 1.807) is 6.33 Å². The number of carbonyl (C=O) groups is 1. The number of carbonyl (C=O) groups excluding carboxylic acids is 1. The molecule has 2 atom stereocenters. The molecule has 1 amide bonds. The quantitative estimate of drug-likeness (QED) is 0.793. The minimum Gasteiger partial charge on any atom is -0.464 e. The van der Waals surface area contributed by atoms with Crippen LogP contribution < -0.4 is 0 Å². The van der Waals surface area contributed by atoms with E-state index in [4.69, 9.17) is 4.42 Å². The summed E-state index contributed by atoms with van der Waals surface area (Å²) >= 11 is 1.46. The zero-order valence-corrected chi connectivity index (χ0v) is 15.3. The van der Waals surface area contributed by atoms with Crippen LogP contribution in [0.5, 0.6) is 0 Å². The monoisotopic (exact) mass is 348 g/mol. The van der Waals surface area contributed by atoms with Gasteiger partial charge in [-0.05, 0) is 38.8 Å². The number of likely N-dealkylation sites (tertiary alicyclic amines) is 1. The lowest BCUT2D eigenvalue weighted by Crippen LogP contribution is -2.39. The van der Waals surface area contributed by atoms with Crippen LogP contribution in [-0.4, -0.2) is 37.4 Å². The van der Waals surface area contributed by atoms with Gasteiger partial charge < -0.3 is 13.9 Å². The van der Waals surface area contributed by atoms with Crippen molar-refractivity contribution in [1.29, 1.82) is 0 Å². The molecule has 0 bridgehead atoms. The van der Waals surface area contributed by atoms with Crippen LogP contribution in [0.25, 0.3) is 0 Å². The standard InChI is InChI=1S/C17H24N4O2S/c1-12-8-9-15(23-12)14-7-5-4-6-10-21(14)16(22)13(2)24-17-19-18-11-20(17)3/h8-9,11,13-14H,4-7,10H2,1-3H3/t13-,14+/m1/s1. The molecule has 3 heterocycles. The fourth-order valence-electron chi connectivity index (χ4n) is 3.12. The molecule has 0 N–H and O–H groups in total. The molecule has 0 saturated carbocycles. The minimum absolute atomic E-state index is 0.0382. The highest BCUT2D eigenvalue weighted by Gasteiger charge is 2.32. The second-order valence-electron chi connectivity index (χ2n) is 6.33. The van der Waals surface area contributed by atoms with Crippen molar-refractivity contribution in [2.24, 2.45) is 7.05 Å². The first-order chi connectivity index (χ1) is 11.6. The second-order valence-corrected chi connectivity index (χ2v) is 7.64. The lowest BCUT2D eigenvalue weighted by Gasteiger charge is -2.30. The van der Waals surface area contributed by atoms with E-state index < -0.39 is 0 Å². The summed E-state index contributed by atoms with van der Waals surface area (Å²) in [5.41, 5.74) is 0. The summed E-state index contributed by atoms with van der Waals surface area (Å²) in [4.78, 5) is 15.1. The number of amides is 1. The molecule has 130 valence electrons. The van der Waals surface area contributed by atoms with Crippen LogP contribution in [0.2, 0.25) is 0 Å². The van der Waals surface area contributed by atoms with Gasteiger partial charge in [-0.25, -0.2) is 0 Å². The Morgan fingerprint density at radius 2 is 2.21 bits per heavy atom. The molecule has 1 fully saturated rings. The van der Waals surface area contributed by atoms with Crippen LogP contribution in [0.15, 0.2) is 28.0 Å². The lowest BCUT2D eigenvalue weighted by molar-refractivity contribution is -0.133. The van der Waals surface area contributed by atoms with E-state index in [2.05, 4.69) is 10.2 Å². The number of rotatable bonds is 4. The average Bonchev–Trinajstić information content (AvgIpc) is 3.08. The highest BCUT2D eigenvalue weighted by atomic mass is 32.2. The Balaban J connectivity index is 1.77. The number of aryl methyl sites for hydroxylation is 2. The number of nitrogens with zero attached hydrogens (tertiary/aromatic N) is 4. The van der Waals surface area contributed by atoms with E-state index in [1.165, 1.54) is 11.8 Å². The maximum absolute atomic E-state index is 13.1. The van der Waals surface area contributed by atoms with Crippen molar-refractivity contribution in [3.63, 3.8) is 0 Å². The van der Waals surface area contributed by atoms with E-state index in [0.717, 1.165) is 48.9 Å².